The minimum absolute atomic E-state index is 0.0644. The molecule has 2 aliphatic heterocycles. The van der Waals surface area contributed by atoms with Crippen LogP contribution in [0.25, 0.3) is 0 Å². The summed E-state index contributed by atoms with van der Waals surface area (Å²) in [6, 6.07) is 1.90. The number of carbonyl (C=O) groups excluding carboxylic acids is 1. The van der Waals surface area contributed by atoms with Gasteiger partial charge in [0, 0.05) is 32.2 Å². The first-order valence-electron chi connectivity index (χ1n) is 8.93. The molecule has 5 nitrogen and oxygen atoms in total. The van der Waals surface area contributed by atoms with Crippen LogP contribution in [-0.2, 0) is 0 Å². The predicted octanol–water partition coefficient (Wildman–Crippen LogP) is 2.89. The molecule has 5 heteroatoms. The molecule has 3 heterocycles. The van der Waals surface area contributed by atoms with Gasteiger partial charge in [-0.05, 0) is 44.4 Å². The summed E-state index contributed by atoms with van der Waals surface area (Å²) in [4.78, 5) is 26.0. The van der Waals surface area contributed by atoms with Crippen molar-refractivity contribution in [2.45, 2.75) is 46.5 Å². The van der Waals surface area contributed by atoms with Crippen molar-refractivity contribution in [2.24, 2.45) is 11.8 Å². The first-order chi connectivity index (χ1) is 11.0. The second kappa shape index (κ2) is 6.85. The van der Waals surface area contributed by atoms with E-state index in [0.717, 1.165) is 44.8 Å². The number of piperidine rings is 2. The van der Waals surface area contributed by atoms with E-state index in [1.807, 2.05) is 17.9 Å². The van der Waals surface area contributed by atoms with Gasteiger partial charge in [0.15, 0.2) is 0 Å². The molecular weight excluding hydrogens is 288 g/mol. The van der Waals surface area contributed by atoms with E-state index in [2.05, 4.69) is 28.7 Å². The predicted molar refractivity (Wildman–Crippen MR) is 91.7 cm³/mol. The first kappa shape index (κ1) is 16.2. The van der Waals surface area contributed by atoms with E-state index < -0.39 is 0 Å². The summed E-state index contributed by atoms with van der Waals surface area (Å²) in [5.41, 5.74) is 0.556. The van der Waals surface area contributed by atoms with Crippen LogP contribution < -0.4 is 4.90 Å². The summed E-state index contributed by atoms with van der Waals surface area (Å²) in [5, 5.41) is 0. The molecule has 2 atom stereocenters. The third-order valence-corrected chi connectivity index (χ3v) is 4.88. The number of nitrogens with zero attached hydrogens (tertiary/aromatic N) is 4. The van der Waals surface area contributed by atoms with Crippen molar-refractivity contribution in [3.8, 4) is 0 Å². The van der Waals surface area contributed by atoms with Crippen molar-refractivity contribution in [1.82, 2.24) is 14.9 Å². The Bertz CT molecular complexity index is 558. The average Bonchev–Trinajstić information content (AvgIpc) is 2.53. The van der Waals surface area contributed by atoms with Crippen LogP contribution in [0.3, 0.4) is 0 Å². The van der Waals surface area contributed by atoms with Gasteiger partial charge in [0.25, 0.3) is 5.91 Å². The van der Waals surface area contributed by atoms with Crippen LogP contribution in [0.5, 0.6) is 0 Å². The lowest BCUT2D eigenvalue weighted by atomic mass is 9.92. The van der Waals surface area contributed by atoms with Crippen LogP contribution in [0.2, 0.25) is 0 Å². The van der Waals surface area contributed by atoms with Crippen LogP contribution in [-0.4, -0.2) is 47.0 Å². The topological polar surface area (TPSA) is 49.3 Å². The monoisotopic (exact) mass is 316 g/mol. The Balaban J connectivity index is 1.82. The van der Waals surface area contributed by atoms with Crippen LogP contribution >= 0.6 is 0 Å². The van der Waals surface area contributed by atoms with E-state index in [9.17, 15) is 4.79 Å². The Kier molecular flexibility index (Phi) is 4.83. The van der Waals surface area contributed by atoms with E-state index in [-0.39, 0.29) is 5.91 Å². The van der Waals surface area contributed by atoms with Crippen LogP contribution in [0, 0.1) is 18.8 Å². The number of amides is 1. The maximum absolute atomic E-state index is 12.7. The molecule has 0 spiro atoms. The van der Waals surface area contributed by atoms with Gasteiger partial charge in [0.05, 0.1) is 0 Å². The van der Waals surface area contributed by atoms with Crippen molar-refractivity contribution in [3.63, 3.8) is 0 Å². The van der Waals surface area contributed by atoms with Gasteiger partial charge in [-0.1, -0.05) is 13.8 Å². The smallest absolute Gasteiger partial charge is 0.272 e. The molecule has 0 radical (unpaired) electrons. The molecule has 3 rings (SSSR count). The molecule has 1 aromatic heterocycles. The average molecular weight is 316 g/mol. The molecule has 0 aliphatic carbocycles. The van der Waals surface area contributed by atoms with E-state index in [0.29, 0.717) is 23.4 Å². The Morgan fingerprint density at radius 1 is 1.09 bits per heavy atom. The molecule has 0 N–H and O–H groups in total. The Morgan fingerprint density at radius 3 is 2.39 bits per heavy atom. The minimum atomic E-state index is 0.0644. The lowest BCUT2D eigenvalue weighted by molar-refractivity contribution is 0.0718. The van der Waals surface area contributed by atoms with Crippen LogP contribution in [0.4, 0.5) is 5.82 Å². The second-order valence-electron chi connectivity index (χ2n) is 7.36. The summed E-state index contributed by atoms with van der Waals surface area (Å²) in [5.74, 6) is 2.99. The van der Waals surface area contributed by atoms with Gasteiger partial charge in [0.1, 0.15) is 17.3 Å². The highest BCUT2D eigenvalue weighted by Gasteiger charge is 2.25. The van der Waals surface area contributed by atoms with E-state index in [4.69, 9.17) is 0 Å². The first-order valence-corrected chi connectivity index (χ1v) is 8.93. The minimum Gasteiger partial charge on any atom is -0.356 e. The zero-order valence-electron chi connectivity index (χ0n) is 14.6. The standard InChI is InChI=1S/C18H28N4O/c1-13-9-14(2)12-22(11-13)17-10-16(19-15(3)20-17)18(23)21-7-5-4-6-8-21/h10,13-14H,4-9,11-12H2,1-3H3/t13-,14+. The normalized spacial score (nSPS) is 25.5. The number of aryl methyl sites for hydroxylation is 1. The van der Waals surface area contributed by atoms with E-state index >= 15 is 0 Å². The quantitative estimate of drug-likeness (QED) is 0.842. The number of hydrogen-bond acceptors (Lipinski definition) is 4. The lowest BCUT2D eigenvalue weighted by Gasteiger charge is -2.36. The zero-order chi connectivity index (χ0) is 16.4. The van der Waals surface area contributed by atoms with Crippen molar-refractivity contribution in [1.29, 1.82) is 0 Å². The van der Waals surface area contributed by atoms with Gasteiger partial charge in [-0.15, -0.1) is 0 Å². The summed E-state index contributed by atoms with van der Waals surface area (Å²) in [6.07, 6.45) is 4.69. The van der Waals surface area contributed by atoms with Gasteiger partial charge >= 0.3 is 0 Å². The van der Waals surface area contributed by atoms with E-state index in [1.165, 1.54) is 12.8 Å². The third kappa shape index (κ3) is 3.82. The number of likely N-dealkylation sites (tertiary alicyclic amines) is 1. The van der Waals surface area contributed by atoms with Gasteiger partial charge in [-0.25, -0.2) is 9.97 Å². The van der Waals surface area contributed by atoms with Gasteiger partial charge in [-0.3, -0.25) is 4.79 Å². The Hall–Kier alpha value is -1.65. The number of rotatable bonds is 2. The molecule has 126 valence electrons. The Morgan fingerprint density at radius 2 is 1.74 bits per heavy atom. The highest BCUT2D eigenvalue weighted by molar-refractivity contribution is 5.93. The molecular formula is C18H28N4O. The maximum atomic E-state index is 12.7. The molecule has 0 aromatic carbocycles. The van der Waals surface area contributed by atoms with E-state index in [1.54, 1.807) is 0 Å². The fraction of sp³-hybridized carbons (Fsp3) is 0.722. The highest BCUT2D eigenvalue weighted by Crippen LogP contribution is 2.26. The third-order valence-electron chi connectivity index (χ3n) is 4.88. The molecule has 1 amide bonds. The SMILES string of the molecule is Cc1nc(C(=O)N2CCCCC2)cc(N2C[C@H](C)C[C@H](C)C2)n1. The number of carbonyl (C=O) groups is 1. The molecule has 2 fully saturated rings. The van der Waals surface area contributed by atoms with Gasteiger partial charge in [-0.2, -0.15) is 0 Å². The fourth-order valence-electron chi connectivity index (χ4n) is 3.93. The van der Waals surface area contributed by atoms with Crippen molar-refractivity contribution < 1.29 is 4.79 Å². The molecule has 2 saturated heterocycles. The molecule has 0 saturated carbocycles. The highest BCUT2D eigenvalue weighted by atomic mass is 16.2. The molecule has 23 heavy (non-hydrogen) atoms. The van der Waals surface area contributed by atoms with Crippen LogP contribution in [0.15, 0.2) is 6.07 Å². The summed E-state index contributed by atoms with van der Waals surface area (Å²) >= 11 is 0. The summed E-state index contributed by atoms with van der Waals surface area (Å²) in [7, 11) is 0. The lowest BCUT2D eigenvalue weighted by Crippen LogP contribution is -2.40. The number of aromatic nitrogens is 2. The van der Waals surface area contributed by atoms with Crippen LogP contribution in [0.1, 0.15) is 55.8 Å². The molecule has 2 aliphatic rings. The largest absolute Gasteiger partial charge is 0.356 e. The summed E-state index contributed by atoms with van der Waals surface area (Å²) in [6.45, 7) is 10.2. The Labute approximate surface area is 139 Å². The molecule has 0 unspecified atom stereocenters. The molecule has 0 bridgehead atoms. The second-order valence-corrected chi connectivity index (χ2v) is 7.36. The van der Waals surface area contributed by atoms with Gasteiger partial charge < -0.3 is 9.80 Å². The summed E-state index contributed by atoms with van der Waals surface area (Å²) < 4.78 is 0. The number of hydrogen-bond donors (Lipinski definition) is 0. The molecule has 1 aromatic rings. The van der Waals surface area contributed by atoms with Crippen molar-refractivity contribution in [3.05, 3.63) is 17.6 Å². The zero-order valence-corrected chi connectivity index (χ0v) is 14.6. The van der Waals surface area contributed by atoms with Crippen molar-refractivity contribution >= 4 is 11.7 Å². The van der Waals surface area contributed by atoms with Gasteiger partial charge in [0.2, 0.25) is 0 Å². The number of anilines is 1. The van der Waals surface area contributed by atoms with Crippen molar-refractivity contribution in [2.75, 3.05) is 31.1 Å². The maximum Gasteiger partial charge on any atom is 0.272 e. The fourth-order valence-corrected chi connectivity index (χ4v) is 3.93.